The van der Waals surface area contributed by atoms with E-state index >= 15 is 0 Å². The van der Waals surface area contributed by atoms with Crippen molar-refractivity contribution < 1.29 is 0 Å². The second kappa shape index (κ2) is 8.76. The van der Waals surface area contributed by atoms with E-state index in [1.165, 1.54) is 9.75 Å². The molecule has 6 nitrogen and oxygen atoms in total. The standard InChI is InChI=1S/C27H26N6S/c1-6-17(10-19(7-2)33(4)5)18-11-21-26(31-32-27(21)29-13-18)23-12-20-22(14-28-15-24(20)30-23)25-9-8-16(3)34-25/h6-15,30H,2H2,1,3-5H3,(H,29,31,32)/b17-6+,19-10+. The van der Waals surface area contributed by atoms with Crippen LogP contribution >= 0.6 is 11.3 Å². The van der Waals surface area contributed by atoms with E-state index in [1.807, 2.05) is 50.6 Å². The number of nitrogens with zero attached hydrogens (tertiary/aromatic N) is 4. The first-order chi connectivity index (χ1) is 16.5. The van der Waals surface area contributed by atoms with Crippen LogP contribution in [0.5, 0.6) is 0 Å². The van der Waals surface area contributed by atoms with Crippen LogP contribution in [-0.2, 0) is 0 Å². The molecule has 0 saturated heterocycles. The number of pyridine rings is 2. The second-order valence-electron chi connectivity index (χ2n) is 8.35. The Labute approximate surface area is 202 Å². The van der Waals surface area contributed by atoms with Crippen LogP contribution < -0.4 is 0 Å². The fourth-order valence-electron chi connectivity index (χ4n) is 4.08. The number of nitrogens with one attached hydrogen (secondary N) is 2. The van der Waals surface area contributed by atoms with Gasteiger partial charge in [0, 0.05) is 63.8 Å². The summed E-state index contributed by atoms with van der Waals surface area (Å²) in [6.07, 6.45) is 11.7. The van der Waals surface area contributed by atoms with Crippen LogP contribution in [0.4, 0.5) is 0 Å². The number of hydrogen-bond donors (Lipinski definition) is 2. The lowest BCUT2D eigenvalue weighted by molar-refractivity contribution is 0.530. The number of aromatic amines is 2. The van der Waals surface area contributed by atoms with Crippen molar-refractivity contribution in [2.24, 2.45) is 0 Å². The fraction of sp³-hybridized carbons (Fsp3) is 0.148. The minimum Gasteiger partial charge on any atom is -0.378 e. The molecule has 0 aliphatic carbocycles. The molecule has 7 heteroatoms. The number of fused-ring (bicyclic) bond motifs is 2. The topological polar surface area (TPSA) is 73.5 Å². The van der Waals surface area contributed by atoms with E-state index in [1.54, 1.807) is 11.3 Å². The molecule has 170 valence electrons. The highest BCUT2D eigenvalue weighted by Gasteiger charge is 2.16. The lowest BCUT2D eigenvalue weighted by Gasteiger charge is -2.14. The Hall–Kier alpha value is -3.97. The monoisotopic (exact) mass is 466 g/mol. The summed E-state index contributed by atoms with van der Waals surface area (Å²) in [5.74, 6) is 0. The van der Waals surface area contributed by atoms with Gasteiger partial charge in [-0.3, -0.25) is 10.1 Å². The number of aromatic nitrogens is 5. The Balaban J connectivity index is 1.62. The molecule has 0 atom stereocenters. The van der Waals surface area contributed by atoms with Crippen molar-refractivity contribution in [2.75, 3.05) is 14.1 Å². The first-order valence-corrected chi connectivity index (χ1v) is 11.9. The molecule has 0 bridgehead atoms. The average Bonchev–Trinajstić information content (AvgIpc) is 3.56. The Morgan fingerprint density at radius 3 is 2.68 bits per heavy atom. The van der Waals surface area contributed by atoms with E-state index in [9.17, 15) is 0 Å². The van der Waals surface area contributed by atoms with Crippen molar-refractivity contribution >= 4 is 38.8 Å². The molecule has 5 heterocycles. The van der Waals surface area contributed by atoms with Crippen LogP contribution in [0.1, 0.15) is 17.4 Å². The molecule has 0 aliphatic rings. The van der Waals surface area contributed by atoms with Gasteiger partial charge in [0.2, 0.25) is 0 Å². The third-order valence-electron chi connectivity index (χ3n) is 5.90. The summed E-state index contributed by atoms with van der Waals surface area (Å²) in [4.78, 5) is 17.1. The van der Waals surface area contributed by atoms with Crippen LogP contribution in [0.25, 0.3) is 49.3 Å². The number of H-pyrrole nitrogens is 2. The highest BCUT2D eigenvalue weighted by molar-refractivity contribution is 7.15. The summed E-state index contributed by atoms with van der Waals surface area (Å²) >= 11 is 1.77. The minimum atomic E-state index is 0.751. The zero-order valence-electron chi connectivity index (χ0n) is 19.7. The molecule has 0 aliphatic heterocycles. The van der Waals surface area contributed by atoms with Gasteiger partial charge in [-0.2, -0.15) is 5.10 Å². The summed E-state index contributed by atoms with van der Waals surface area (Å²) < 4.78 is 0. The maximum Gasteiger partial charge on any atom is 0.155 e. The molecular formula is C27H26N6S. The van der Waals surface area contributed by atoms with Gasteiger partial charge in [0.15, 0.2) is 5.65 Å². The highest BCUT2D eigenvalue weighted by atomic mass is 32.1. The molecule has 34 heavy (non-hydrogen) atoms. The number of likely N-dealkylation sites (N-methyl/N-ethyl adjacent to an activating group) is 1. The summed E-state index contributed by atoms with van der Waals surface area (Å²) in [7, 11) is 4.01. The van der Waals surface area contributed by atoms with Crippen molar-refractivity contribution in [1.29, 1.82) is 0 Å². The van der Waals surface area contributed by atoms with Gasteiger partial charge in [0.1, 0.15) is 5.69 Å². The van der Waals surface area contributed by atoms with E-state index in [0.29, 0.717) is 0 Å². The number of thiophene rings is 1. The smallest absolute Gasteiger partial charge is 0.155 e. The number of allylic oxidation sites excluding steroid dienone is 4. The number of rotatable bonds is 6. The molecule has 0 radical (unpaired) electrons. The van der Waals surface area contributed by atoms with Crippen LogP contribution in [-0.4, -0.2) is 44.1 Å². The maximum atomic E-state index is 4.64. The van der Waals surface area contributed by atoms with E-state index in [-0.39, 0.29) is 0 Å². The number of aryl methyl sites for hydroxylation is 1. The van der Waals surface area contributed by atoms with Gasteiger partial charge in [0.25, 0.3) is 0 Å². The molecule has 0 fully saturated rings. The van der Waals surface area contributed by atoms with E-state index in [0.717, 1.165) is 55.7 Å². The lowest BCUT2D eigenvalue weighted by Crippen LogP contribution is -2.09. The Morgan fingerprint density at radius 1 is 1.12 bits per heavy atom. The van der Waals surface area contributed by atoms with Crippen molar-refractivity contribution in [3.63, 3.8) is 0 Å². The third-order valence-corrected chi connectivity index (χ3v) is 6.93. The van der Waals surface area contributed by atoms with Crippen molar-refractivity contribution in [1.82, 2.24) is 30.0 Å². The summed E-state index contributed by atoms with van der Waals surface area (Å²) in [5.41, 5.74) is 7.75. The van der Waals surface area contributed by atoms with Gasteiger partial charge >= 0.3 is 0 Å². The van der Waals surface area contributed by atoms with Crippen LogP contribution in [0, 0.1) is 6.92 Å². The molecule has 0 saturated carbocycles. The molecule has 0 unspecified atom stereocenters. The second-order valence-corrected chi connectivity index (χ2v) is 9.63. The van der Waals surface area contributed by atoms with Crippen LogP contribution in [0.15, 0.2) is 73.4 Å². The molecular weight excluding hydrogens is 440 g/mol. The summed E-state index contributed by atoms with van der Waals surface area (Å²) in [5, 5.41) is 9.78. The average molecular weight is 467 g/mol. The van der Waals surface area contributed by atoms with Crippen molar-refractivity contribution in [3.8, 4) is 21.8 Å². The van der Waals surface area contributed by atoms with E-state index < -0.39 is 0 Å². The molecule has 0 spiro atoms. The molecule has 0 amide bonds. The number of hydrogen-bond acceptors (Lipinski definition) is 5. The predicted octanol–water partition coefficient (Wildman–Crippen LogP) is 6.57. The zero-order valence-corrected chi connectivity index (χ0v) is 20.5. The highest BCUT2D eigenvalue weighted by Crippen LogP contribution is 2.36. The van der Waals surface area contributed by atoms with Gasteiger partial charge in [-0.1, -0.05) is 12.7 Å². The Bertz CT molecular complexity index is 1580. The first-order valence-electron chi connectivity index (χ1n) is 11.0. The molecule has 5 aromatic rings. The Morgan fingerprint density at radius 2 is 1.97 bits per heavy atom. The van der Waals surface area contributed by atoms with Gasteiger partial charge in [-0.25, -0.2) is 4.98 Å². The van der Waals surface area contributed by atoms with Crippen LogP contribution in [0.2, 0.25) is 0 Å². The normalized spacial score (nSPS) is 12.6. The molecule has 5 rings (SSSR count). The third kappa shape index (κ3) is 3.84. The van der Waals surface area contributed by atoms with E-state index in [2.05, 4.69) is 75.1 Å². The van der Waals surface area contributed by atoms with E-state index in [4.69, 9.17) is 0 Å². The summed E-state index contributed by atoms with van der Waals surface area (Å²) in [6.45, 7) is 8.08. The van der Waals surface area contributed by atoms with Crippen molar-refractivity contribution in [2.45, 2.75) is 13.8 Å². The van der Waals surface area contributed by atoms with Gasteiger partial charge < -0.3 is 9.88 Å². The molecule has 0 aromatic carbocycles. The fourth-order valence-corrected chi connectivity index (χ4v) is 4.98. The van der Waals surface area contributed by atoms with Crippen LogP contribution in [0.3, 0.4) is 0 Å². The predicted molar refractivity (Wildman–Crippen MR) is 143 cm³/mol. The summed E-state index contributed by atoms with van der Waals surface area (Å²) in [6, 6.07) is 8.58. The lowest BCUT2D eigenvalue weighted by atomic mass is 10.0. The zero-order chi connectivity index (χ0) is 23.8. The van der Waals surface area contributed by atoms with Gasteiger partial charge in [-0.05, 0) is 55.8 Å². The van der Waals surface area contributed by atoms with Crippen molar-refractivity contribution in [3.05, 3.63) is 83.8 Å². The molecule has 2 N–H and O–H groups in total. The molecule has 5 aromatic heterocycles. The quantitative estimate of drug-likeness (QED) is 0.278. The SMILES string of the molecule is C=C/C(=C\C(=C/C)c1cnc2[nH]nc(-c3cc4c(-c5ccc(C)s5)cncc4[nH]3)c2c1)N(C)C. The van der Waals surface area contributed by atoms with Gasteiger partial charge in [0.05, 0.1) is 17.4 Å². The van der Waals surface area contributed by atoms with Gasteiger partial charge in [-0.15, -0.1) is 11.3 Å². The first kappa shape index (κ1) is 21.9. The Kier molecular flexibility index (Phi) is 5.63. The minimum absolute atomic E-state index is 0.751. The maximum absolute atomic E-state index is 4.64. The largest absolute Gasteiger partial charge is 0.378 e.